The Hall–Kier alpha value is -2.50. The van der Waals surface area contributed by atoms with Crippen molar-refractivity contribution in [1.29, 1.82) is 0 Å². The van der Waals surface area contributed by atoms with Crippen LogP contribution in [0.15, 0.2) is 29.2 Å². The molecule has 0 unspecified atom stereocenters. The van der Waals surface area contributed by atoms with Gasteiger partial charge in [-0.2, -0.15) is 0 Å². The number of hydrogen-bond acceptors (Lipinski definition) is 7. The molecule has 0 saturated heterocycles. The number of nitrogens with zero attached hydrogens (tertiary/aromatic N) is 3. The summed E-state index contributed by atoms with van der Waals surface area (Å²) in [4.78, 5) is 31.2. The van der Waals surface area contributed by atoms with Crippen LogP contribution < -0.4 is 5.32 Å². The van der Waals surface area contributed by atoms with Crippen LogP contribution in [-0.4, -0.2) is 62.4 Å². The minimum absolute atomic E-state index is 0.135. The fourth-order valence-corrected chi connectivity index (χ4v) is 4.63. The Kier molecular flexibility index (Phi) is 5.68. The zero-order valence-electron chi connectivity index (χ0n) is 15.6. The summed E-state index contributed by atoms with van der Waals surface area (Å²) >= 11 is 1.30. The first kappa shape index (κ1) is 20.2. The van der Waals surface area contributed by atoms with Gasteiger partial charge in [-0.25, -0.2) is 22.5 Å². The van der Waals surface area contributed by atoms with Crippen molar-refractivity contribution in [2.75, 3.05) is 33.1 Å². The highest BCUT2D eigenvalue weighted by atomic mass is 32.2. The van der Waals surface area contributed by atoms with Crippen molar-refractivity contribution in [3.05, 3.63) is 40.4 Å². The number of sulfonamides is 1. The van der Waals surface area contributed by atoms with Gasteiger partial charge in [0.2, 0.25) is 10.0 Å². The number of nitrogens with one attached hydrogen (secondary N) is 1. The van der Waals surface area contributed by atoms with Crippen molar-refractivity contribution in [2.45, 2.75) is 17.9 Å². The molecule has 11 heteroatoms. The maximum absolute atomic E-state index is 12.8. The van der Waals surface area contributed by atoms with Crippen LogP contribution in [0.1, 0.15) is 20.9 Å². The first-order valence-electron chi connectivity index (χ1n) is 8.38. The van der Waals surface area contributed by atoms with Crippen LogP contribution in [0.25, 0.3) is 0 Å². The van der Waals surface area contributed by atoms with E-state index >= 15 is 0 Å². The monoisotopic (exact) mass is 424 g/mol. The van der Waals surface area contributed by atoms with E-state index in [1.54, 1.807) is 4.90 Å². The number of carbonyl (C=O) groups is 2. The topological polar surface area (TPSA) is 109 Å². The van der Waals surface area contributed by atoms with Gasteiger partial charge in [-0.3, -0.25) is 10.1 Å². The molecule has 0 atom stereocenters. The molecule has 0 spiro atoms. The van der Waals surface area contributed by atoms with Gasteiger partial charge in [0.1, 0.15) is 0 Å². The molecule has 1 aromatic carbocycles. The van der Waals surface area contributed by atoms with Crippen molar-refractivity contribution in [1.82, 2.24) is 14.2 Å². The highest BCUT2D eigenvalue weighted by Crippen LogP contribution is 2.29. The molecule has 150 valence electrons. The molecule has 1 aliphatic heterocycles. The molecular formula is C17H20N4O5S2. The van der Waals surface area contributed by atoms with E-state index in [1.807, 2.05) is 0 Å². The molecule has 0 radical (unpaired) electrons. The average Bonchev–Trinajstić information content (AvgIpc) is 3.08. The zero-order valence-corrected chi connectivity index (χ0v) is 17.3. The Labute approximate surface area is 167 Å². The minimum atomic E-state index is -3.54. The van der Waals surface area contributed by atoms with Crippen molar-refractivity contribution in [3.63, 3.8) is 0 Å². The molecule has 2 heterocycles. The molecule has 1 aromatic heterocycles. The van der Waals surface area contributed by atoms with E-state index in [9.17, 15) is 18.0 Å². The number of anilines is 1. The van der Waals surface area contributed by atoms with E-state index < -0.39 is 16.1 Å². The van der Waals surface area contributed by atoms with Gasteiger partial charge in [0, 0.05) is 37.5 Å². The SMILES string of the molecule is COC(=O)Nc1nc2c(s1)CN(C(=O)c1ccc(S(=O)(=O)N(C)C)cc1)CC2. The summed E-state index contributed by atoms with van der Waals surface area (Å²) in [5, 5.41) is 2.97. The van der Waals surface area contributed by atoms with E-state index in [-0.39, 0.29) is 10.8 Å². The maximum atomic E-state index is 12.8. The second-order valence-electron chi connectivity index (χ2n) is 6.29. The first-order chi connectivity index (χ1) is 13.2. The number of thiazole rings is 1. The van der Waals surface area contributed by atoms with Gasteiger partial charge < -0.3 is 9.64 Å². The Morgan fingerprint density at radius 2 is 1.93 bits per heavy atom. The highest BCUT2D eigenvalue weighted by Gasteiger charge is 2.26. The Morgan fingerprint density at radius 1 is 1.25 bits per heavy atom. The summed E-state index contributed by atoms with van der Waals surface area (Å²) in [7, 11) is 0.652. The number of carbonyl (C=O) groups excluding carboxylic acids is 2. The fourth-order valence-electron chi connectivity index (χ4n) is 2.72. The lowest BCUT2D eigenvalue weighted by atomic mass is 10.1. The molecule has 1 N–H and O–H groups in total. The van der Waals surface area contributed by atoms with Crippen LogP contribution in [-0.2, 0) is 27.7 Å². The predicted molar refractivity (Wildman–Crippen MR) is 104 cm³/mol. The standard InChI is InChI=1S/C17H20N4O5S2/c1-20(2)28(24,25)12-6-4-11(5-7-12)15(22)21-9-8-13-14(10-21)27-16(18-13)19-17(23)26-3/h4-7H,8-10H2,1-3H3,(H,18,19,23). The van der Waals surface area contributed by atoms with Gasteiger partial charge in [0.15, 0.2) is 5.13 Å². The van der Waals surface area contributed by atoms with E-state index in [2.05, 4.69) is 15.0 Å². The number of rotatable bonds is 4. The normalized spacial score (nSPS) is 13.9. The first-order valence-corrected chi connectivity index (χ1v) is 10.6. The molecular weight excluding hydrogens is 404 g/mol. The van der Waals surface area contributed by atoms with Crippen LogP contribution in [0.4, 0.5) is 9.93 Å². The maximum Gasteiger partial charge on any atom is 0.413 e. The molecule has 0 saturated carbocycles. The largest absolute Gasteiger partial charge is 0.453 e. The van der Waals surface area contributed by atoms with Gasteiger partial charge in [-0.1, -0.05) is 11.3 Å². The summed E-state index contributed by atoms with van der Waals surface area (Å²) in [6, 6.07) is 5.91. The quantitative estimate of drug-likeness (QED) is 0.801. The molecule has 0 aliphatic carbocycles. The zero-order chi connectivity index (χ0) is 20.5. The highest BCUT2D eigenvalue weighted by molar-refractivity contribution is 7.89. The molecule has 2 aromatic rings. The van der Waals surface area contributed by atoms with Gasteiger partial charge in [0.05, 0.1) is 24.2 Å². The van der Waals surface area contributed by atoms with Gasteiger partial charge in [-0.15, -0.1) is 0 Å². The fraction of sp³-hybridized carbons (Fsp3) is 0.353. The van der Waals surface area contributed by atoms with E-state index in [4.69, 9.17) is 0 Å². The number of methoxy groups -OCH3 is 1. The second-order valence-corrected chi connectivity index (χ2v) is 9.53. The van der Waals surface area contributed by atoms with E-state index in [0.717, 1.165) is 14.9 Å². The summed E-state index contributed by atoms with van der Waals surface area (Å²) < 4.78 is 30.0. The van der Waals surface area contributed by atoms with E-state index in [1.165, 1.54) is 56.8 Å². The summed E-state index contributed by atoms with van der Waals surface area (Å²) in [5.74, 6) is -0.185. The van der Waals surface area contributed by atoms with Crippen molar-refractivity contribution in [3.8, 4) is 0 Å². The lowest BCUT2D eigenvalue weighted by Gasteiger charge is -2.26. The molecule has 1 aliphatic rings. The molecule has 0 fully saturated rings. The van der Waals surface area contributed by atoms with Gasteiger partial charge in [0.25, 0.3) is 5.91 Å². The number of amides is 2. The van der Waals surface area contributed by atoms with Crippen molar-refractivity contribution in [2.24, 2.45) is 0 Å². The number of hydrogen-bond donors (Lipinski definition) is 1. The van der Waals surface area contributed by atoms with Crippen LogP contribution in [0.5, 0.6) is 0 Å². The smallest absolute Gasteiger partial charge is 0.413 e. The van der Waals surface area contributed by atoms with Crippen LogP contribution in [0, 0.1) is 0 Å². The third kappa shape index (κ3) is 4.01. The number of ether oxygens (including phenoxy) is 1. The Balaban J connectivity index is 1.73. The predicted octanol–water partition coefficient (Wildman–Crippen LogP) is 1.77. The molecule has 2 amide bonds. The molecule has 28 heavy (non-hydrogen) atoms. The number of aromatic nitrogens is 1. The summed E-state index contributed by atoms with van der Waals surface area (Å²) in [6.07, 6.45) is -0.0140. The Bertz CT molecular complexity index is 999. The minimum Gasteiger partial charge on any atom is -0.453 e. The third-order valence-corrected chi connectivity index (χ3v) is 7.12. The molecule has 3 rings (SSSR count). The molecule has 0 bridgehead atoms. The van der Waals surface area contributed by atoms with Gasteiger partial charge in [-0.05, 0) is 24.3 Å². The second kappa shape index (κ2) is 7.86. The van der Waals surface area contributed by atoms with Crippen molar-refractivity contribution < 1.29 is 22.7 Å². The number of fused-ring (bicyclic) bond motifs is 1. The number of benzene rings is 1. The Morgan fingerprint density at radius 3 is 2.54 bits per heavy atom. The lowest BCUT2D eigenvalue weighted by molar-refractivity contribution is 0.0736. The van der Waals surface area contributed by atoms with Crippen LogP contribution >= 0.6 is 11.3 Å². The summed E-state index contributed by atoms with van der Waals surface area (Å²) in [6.45, 7) is 0.872. The summed E-state index contributed by atoms with van der Waals surface area (Å²) in [5.41, 5.74) is 1.27. The third-order valence-electron chi connectivity index (χ3n) is 4.29. The van der Waals surface area contributed by atoms with Gasteiger partial charge >= 0.3 is 6.09 Å². The van der Waals surface area contributed by atoms with E-state index in [0.29, 0.717) is 30.2 Å². The average molecular weight is 425 g/mol. The van der Waals surface area contributed by atoms with Crippen molar-refractivity contribution >= 4 is 38.5 Å². The molecule has 9 nitrogen and oxygen atoms in total. The van der Waals surface area contributed by atoms with Crippen LogP contribution in [0.3, 0.4) is 0 Å². The lowest BCUT2D eigenvalue weighted by Crippen LogP contribution is -2.35. The van der Waals surface area contributed by atoms with Crippen LogP contribution in [0.2, 0.25) is 0 Å².